The smallest absolute Gasteiger partial charge is 0.223 e. The molecule has 6 nitrogen and oxygen atoms in total. The lowest BCUT2D eigenvalue weighted by atomic mass is 10.2. The molecule has 138 valence electrons. The highest BCUT2D eigenvalue weighted by molar-refractivity contribution is 5.83. The van der Waals surface area contributed by atoms with Crippen molar-refractivity contribution in [3.05, 3.63) is 0 Å². The summed E-state index contributed by atoms with van der Waals surface area (Å²) < 4.78 is 5.84. The van der Waals surface area contributed by atoms with Gasteiger partial charge in [0.2, 0.25) is 11.8 Å². The van der Waals surface area contributed by atoms with Crippen molar-refractivity contribution in [2.24, 2.45) is 0 Å². The van der Waals surface area contributed by atoms with Crippen LogP contribution in [-0.4, -0.2) is 73.1 Å². The molecular formula is C18H33N3O3. The monoisotopic (exact) mass is 339 g/mol. The van der Waals surface area contributed by atoms with E-state index in [2.05, 4.69) is 24.1 Å². The Kier molecular flexibility index (Phi) is 7.99. The van der Waals surface area contributed by atoms with Gasteiger partial charge in [0.15, 0.2) is 0 Å². The van der Waals surface area contributed by atoms with E-state index >= 15 is 0 Å². The Hall–Kier alpha value is -1.14. The Morgan fingerprint density at radius 3 is 2.67 bits per heavy atom. The lowest BCUT2D eigenvalue weighted by Gasteiger charge is -2.35. The van der Waals surface area contributed by atoms with Crippen LogP contribution in [0.3, 0.4) is 0 Å². The summed E-state index contributed by atoms with van der Waals surface area (Å²) in [6, 6.07) is 0.581. The summed E-state index contributed by atoms with van der Waals surface area (Å²) in [7, 11) is 0. The molecule has 2 unspecified atom stereocenters. The van der Waals surface area contributed by atoms with E-state index in [1.165, 1.54) is 12.8 Å². The summed E-state index contributed by atoms with van der Waals surface area (Å²) in [5.41, 5.74) is 0. The van der Waals surface area contributed by atoms with Crippen molar-refractivity contribution in [2.75, 3.05) is 39.3 Å². The molecule has 0 aliphatic carbocycles. The van der Waals surface area contributed by atoms with E-state index < -0.39 is 0 Å². The zero-order valence-corrected chi connectivity index (χ0v) is 15.3. The second kappa shape index (κ2) is 9.99. The van der Waals surface area contributed by atoms with Gasteiger partial charge in [-0.2, -0.15) is 0 Å². The van der Waals surface area contributed by atoms with Gasteiger partial charge < -0.3 is 15.0 Å². The quantitative estimate of drug-likeness (QED) is 0.690. The molecule has 0 bridgehead atoms. The van der Waals surface area contributed by atoms with Gasteiger partial charge in [0.25, 0.3) is 0 Å². The Morgan fingerprint density at radius 2 is 1.96 bits per heavy atom. The van der Waals surface area contributed by atoms with Crippen LogP contribution in [0.5, 0.6) is 0 Å². The number of carbonyl (C=O) groups excluding carboxylic acids is 2. The number of nitrogens with zero attached hydrogens (tertiary/aromatic N) is 2. The molecule has 0 aromatic carbocycles. The highest BCUT2D eigenvalue weighted by atomic mass is 16.5. The van der Waals surface area contributed by atoms with E-state index in [0.29, 0.717) is 19.0 Å². The second-order valence-electron chi connectivity index (χ2n) is 6.93. The molecule has 2 heterocycles. The van der Waals surface area contributed by atoms with Gasteiger partial charge in [0.05, 0.1) is 12.7 Å². The largest absolute Gasteiger partial charge is 0.373 e. The van der Waals surface area contributed by atoms with E-state index in [4.69, 9.17) is 4.74 Å². The van der Waals surface area contributed by atoms with Gasteiger partial charge in [-0.1, -0.05) is 13.8 Å². The Balaban J connectivity index is 1.63. The minimum atomic E-state index is -0.0524. The molecule has 2 amide bonds. The van der Waals surface area contributed by atoms with Crippen molar-refractivity contribution in [1.29, 1.82) is 0 Å². The molecule has 2 rings (SSSR count). The third-order valence-corrected chi connectivity index (χ3v) is 4.89. The molecule has 0 aromatic rings. The maximum Gasteiger partial charge on any atom is 0.223 e. The number of rotatable bonds is 9. The number of hydrogen-bond donors (Lipinski definition) is 1. The normalized spacial score (nSPS) is 23.8. The Labute approximate surface area is 145 Å². The van der Waals surface area contributed by atoms with Crippen LogP contribution in [0.1, 0.15) is 52.4 Å². The molecule has 2 aliphatic heterocycles. The summed E-state index contributed by atoms with van der Waals surface area (Å²) in [4.78, 5) is 28.5. The first-order valence-electron chi connectivity index (χ1n) is 9.54. The first-order chi connectivity index (χ1) is 11.6. The van der Waals surface area contributed by atoms with Crippen LogP contribution in [0.2, 0.25) is 0 Å². The van der Waals surface area contributed by atoms with Crippen LogP contribution in [0.15, 0.2) is 0 Å². The van der Waals surface area contributed by atoms with Gasteiger partial charge in [0, 0.05) is 45.1 Å². The maximum absolute atomic E-state index is 12.2. The number of carbonyl (C=O) groups is 2. The summed E-state index contributed by atoms with van der Waals surface area (Å²) in [6.45, 7) is 9.08. The molecule has 24 heavy (non-hydrogen) atoms. The predicted octanol–water partition coefficient (Wildman–Crippen LogP) is 1.39. The number of hydrogen-bond acceptors (Lipinski definition) is 4. The van der Waals surface area contributed by atoms with Crippen molar-refractivity contribution in [3.63, 3.8) is 0 Å². The van der Waals surface area contributed by atoms with Gasteiger partial charge >= 0.3 is 0 Å². The average molecular weight is 339 g/mol. The summed E-state index contributed by atoms with van der Waals surface area (Å²) in [5.74, 6) is 0.0334. The van der Waals surface area contributed by atoms with Crippen molar-refractivity contribution in [1.82, 2.24) is 15.1 Å². The van der Waals surface area contributed by atoms with Crippen LogP contribution in [0.25, 0.3) is 0 Å². The zero-order valence-electron chi connectivity index (χ0n) is 15.3. The first kappa shape index (κ1) is 19.2. The molecule has 0 spiro atoms. The molecule has 2 saturated heterocycles. The summed E-state index contributed by atoms with van der Waals surface area (Å²) >= 11 is 0. The number of fused-ring (bicyclic) bond motifs is 1. The highest BCUT2D eigenvalue weighted by Gasteiger charge is 2.32. The molecule has 0 aromatic heterocycles. The molecule has 1 N–H and O–H groups in total. The minimum Gasteiger partial charge on any atom is -0.373 e. The van der Waals surface area contributed by atoms with Crippen molar-refractivity contribution < 1.29 is 14.3 Å². The van der Waals surface area contributed by atoms with Gasteiger partial charge in [-0.25, -0.2) is 0 Å². The molecular weight excluding hydrogens is 306 g/mol. The molecule has 6 heteroatoms. The minimum absolute atomic E-state index is 0.0524. The third-order valence-electron chi connectivity index (χ3n) is 4.89. The fraction of sp³-hybridized carbons (Fsp3) is 0.889. The van der Waals surface area contributed by atoms with Gasteiger partial charge in [-0.3, -0.25) is 14.5 Å². The van der Waals surface area contributed by atoms with Crippen LogP contribution >= 0.6 is 0 Å². The molecule has 0 radical (unpaired) electrons. The van der Waals surface area contributed by atoms with Gasteiger partial charge in [0.1, 0.15) is 0 Å². The van der Waals surface area contributed by atoms with E-state index in [1.807, 2.05) is 4.90 Å². The topological polar surface area (TPSA) is 61.9 Å². The highest BCUT2D eigenvalue weighted by Crippen LogP contribution is 2.22. The number of amides is 2. The SMILES string of the molecule is CCCN(CCC)C(=O)CCC(=O)NCC1CN2CCCC2CO1. The fourth-order valence-electron chi connectivity index (χ4n) is 3.60. The van der Waals surface area contributed by atoms with E-state index in [1.54, 1.807) is 0 Å². The predicted molar refractivity (Wildman–Crippen MR) is 93.7 cm³/mol. The number of morpholine rings is 1. The molecule has 2 fully saturated rings. The maximum atomic E-state index is 12.2. The van der Waals surface area contributed by atoms with Crippen molar-refractivity contribution in [2.45, 2.75) is 64.5 Å². The summed E-state index contributed by atoms with van der Waals surface area (Å²) in [5, 5.41) is 2.93. The van der Waals surface area contributed by atoms with Gasteiger partial charge in [-0.05, 0) is 32.2 Å². The van der Waals surface area contributed by atoms with Crippen molar-refractivity contribution >= 4 is 11.8 Å². The van der Waals surface area contributed by atoms with Gasteiger partial charge in [-0.15, -0.1) is 0 Å². The standard InChI is InChI=1S/C18H33N3O3/c1-3-9-20(10-4-2)18(23)8-7-17(22)19-12-16-13-21-11-5-6-15(21)14-24-16/h15-16H,3-14H2,1-2H3,(H,19,22). The van der Waals surface area contributed by atoms with Crippen LogP contribution in [0.4, 0.5) is 0 Å². The van der Waals surface area contributed by atoms with Crippen LogP contribution in [-0.2, 0) is 14.3 Å². The zero-order chi connectivity index (χ0) is 17.4. The van der Waals surface area contributed by atoms with E-state index in [-0.39, 0.29) is 24.3 Å². The van der Waals surface area contributed by atoms with E-state index in [0.717, 1.165) is 45.6 Å². The Bertz CT molecular complexity index is 410. The number of ether oxygens (including phenoxy) is 1. The molecule has 2 atom stereocenters. The lowest BCUT2D eigenvalue weighted by molar-refractivity contribution is -0.134. The first-order valence-corrected chi connectivity index (χ1v) is 9.54. The van der Waals surface area contributed by atoms with Crippen LogP contribution in [0, 0.1) is 0 Å². The summed E-state index contributed by atoms with van der Waals surface area (Å²) in [6.07, 6.45) is 5.03. The fourth-order valence-corrected chi connectivity index (χ4v) is 3.60. The van der Waals surface area contributed by atoms with E-state index in [9.17, 15) is 9.59 Å². The van der Waals surface area contributed by atoms with Crippen LogP contribution < -0.4 is 5.32 Å². The number of nitrogens with one attached hydrogen (secondary N) is 1. The molecule has 2 aliphatic rings. The third kappa shape index (κ3) is 5.74. The average Bonchev–Trinajstić information content (AvgIpc) is 3.05. The second-order valence-corrected chi connectivity index (χ2v) is 6.93. The molecule has 0 saturated carbocycles. The lowest BCUT2D eigenvalue weighted by Crippen LogP contribution is -2.50. The van der Waals surface area contributed by atoms with Crippen molar-refractivity contribution in [3.8, 4) is 0 Å². The Morgan fingerprint density at radius 1 is 1.21 bits per heavy atom.